The fourth-order valence-electron chi connectivity index (χ4n) is 3.61. The Morgan fingerprint density at radius 3 is 2.58 bits per heavy atom. The van der Waals surface area contributed by atoms with Crippen molar-refractivity contribution in [2.75, 3.05) is 13.2 Å². The SMILES string of the molecule is O=S(=O)(NCC1(c2ccccc2)CCC1)c1ccc2c(c1)CCO2. The van der Waals surface area contributed by atoms with E-state index in [2.05, 4.69) is 16.9 Å². The second-order valence-electron chi connectivity index (χ2n) is 6.69. The molecule has 0 unspecified atom stereocenters. The van der Waals surface area contributed by atoms with Crippen LogP contribution in [0.15, 0.2) is 53.4 Å². The fourth-order valence-corrected chi connectivity index (χ4v) is 4.79. The van der Waals surface area contributed by atoms with Crippen molar-refractivity contribution in [2.24, 2.45) is 0 Å². The van der Waals surface area contributed by atoms with Crippen molar-refractivity contribution in [2.45, 2.75) is 36.0 Å². The van der Waals surface area contributed by atoms with E-state index in [1.807, 2.05) is 18.2 Å². The lowest BCUT2D eigenvalue weighted by Gasteiger charge is -2.42. The first kappa shape index (κ1) is 15.7. The van der Waals surface area contributed by atoms with Crippen LogP contribution in [-0.4, -0.2) is 21.6 Å². The summed E-state index contributed by atoms with van der Waals surface area (Å²) >= 11 is 0. The smallest absolute Gasteiger partial charge is 0.240 e. The summed E-state index contributed by atoms with van der Waals surface area (Å²) in [6.45, 7) is 1.08. The van der Waals surface area contributed by atoms with Gasteiger partial charge in [-0.2, -0.15) is 0 Å². The van der Waals surface area contributed by atoms with Crippen LogP contribution in [0.3, 0.4) is 0 Å². The highest BCUT2D eigenvalue weighted by Gasteiger charge is 2.39. The second kappa shape index (κ2) is 5.90. The first-order valence-corrected chi connectivity index (χ1v) is 9.88. The zero-order chi connectivity index (χ0) is 16.6. The van der Waals surface area contributed by atoms with Gasteiger partial charge in [0.15, 0.2) is 0 Å². The van der Waals surface area contributed by atoms with Crippen LogP contribution in [0, 0.1) is 0 Å². The molecule has 1 N–H and O–H groups in total. The number of hydrogen-bond acceptors (Lipinski definition) is 3. The van der Waals surface area contributed by atoms with Gasteiger partial charge in [0.1, 0.15) is 5.75 Å². The Labute approximate surface area is 142 Å². The minimum absolute atomic E-state index is 0.0613. The monoisotopic (exact) mass is 343 g/mol. The minimum Gasteiger partial charge on any atom is -0.493 e. The van der Waals surface area contributed by atoms with Gasteiger partial charge in [0, 0.05) is 18.4 Å². The van der Waals surface area contributed by atoms with Crippen LogP contribution in [0.5, 0.6) is 5.75 Å². The van der Waals surface area contributed by atoms with Gasteiger partial charge in [-0.3, -0.25) is 0 Å². The van der Waals surface area contributed by atoms with Crippen molar-refractivity contribution < 1.29 is 13.2 Å². The number of ether oxygens (including phenoxy) is 1. The number of fused-ring (bicyclic) bond motifs is 1. The van der Waals surface area contributed by atoms with Crippen LogP contribution in [0.1, 0.15) is 30.4 Å². The van der Waals surface area contributed by atoms with Gasteiger partial charge in [-0.15, -0.1) is 0 Å². The van der Waals surface area contributed by atoms with Crippen LogP contribution in [0.4, 0.5) is 0 Å². The molecule has 2 aliphatic rings. The van der Waals surface area contributed by atoms with E-state index in [-0.39, 0.29) is 5.41 Å². The Kier molecular flexibility index (Phi) is 3.85. The molecule has 2 aromatic rings. The first-order chi connectivity index (χ1) is 11.6. The van der Waals surface area contributed by atoms with E-state index in [1.54, 1.807) is 18.2 Å². The molecule has 1 saturated carbocycles. The van der Waals surface area contributed by atoms with Crippen molar-refractivity contribution >= 4 is 10.0 Å². The molecular formula is C19H21NO3S. The molecule has 24 heavy (non-hydrogen) atoms. The molecule has 4 nitrogen and oxygen atoms in total. The van der Waals surface area contributed by atoms with Crippen LogP contribution in [0.2, 0.25) is 0 Å². The standard InChI is InChI=1S/C19H21NO3S/c21-24(22,17-7-8-18-15(13-17)9-12-23-18)20-14-19(10-4-11-19)16-5-2-1-3-6-16/h1-3,5-8,13,20H,4,9-12,14H2. The van der Waals surface area contributed by atoms with E-state index < -0.39 is 10.0 Å². The molecule has 1 heterocycles. The molecular weight excluding hydrogens is 322 g/mol. The van der Waals surface area contributed by atoms with E-state index in [0.29, 0.717) is 18.0 Å². The molecule has 5 heteroatoms. The van der Waals surface area contributed by atoms with Gasteiger partial charge in [-0.1, -0.05) is 36.8 Å². The number of sulfonamides is 1. The molecule has 0 radical (unpaired) electrons. The molecule has 0 saturated heterocycles. The van der Waals surface area contributed by atoms with E-state index in [1.165, 1.54) is 5.56 Å². The van der Waals surface area contributed by atoms with Crippen LogP contribution >= 0.6 is 0 Å². The van der Waals surface area contributed by atoms with Crippen molar-refractivity contribution in [3.05, 3.63) is 59.7 Å². The normalized spacial score (nSPS) is 18.5. The summed E-state index contributed by atoms with van der Waals surface area (Å²) < 4.78 is 33.7. The van der Waals surface area contributed by atoms with Crippen molar-refractivity contribution in [3.8, 4) is 5.75 Å². The molecule has 0 aromatic heterocycles. The maximum absolute atomic E-state index is 12.7. The molecule has 1 aliphatic carbocycles. The quantitative estimate of drug-likeness (QED) is 0.908. The number of hydrogen-bond donors (Lipinski definition) is 1. The summed E-state index contributed by atoms with van der Waals surface area (Å²) in [5.74, 6) is 0.800. The van der Waals surface area contributed by atoms with Crippen molar-refractivity contribution in [3.63, 3.8) is 0 Å². The second-order valence-corrected chi connectivity index (χ2v) is 8.46. The maximum Gasteiger partial charge on any atom is 0.240 e. The van der Waals surface area contributed by atoms with Gasteiger partial charge in [-0.05, 0) is 42.2 Å². The summed E-state index contributed by atoms with van der Waals surface area (Å²) in [5.41, 5.74) is 2.13. The average Bonchev–Trinajstić information content (AvgIpc) is 3.02. The molecule has 0 atom stereocenters. The lowest BCUT2D eigenvalue weighted by molar-refractivity contribution is 0.245. The third-order valence-corrected chi connectivity index (χ3v) is 6.67. The van der Waals surface area contributed by atoms with Gasteiger partial charge in [0.2, 0.25) is 10.0 Å². The van der Waals surface area contributed by atoms with Crippen LogP contribution < -0.4 is 9.46 Å². The third-order valence-electron chi connectivity index (χ3n) is 5.27. The largest absolute Gasteiger partial charge is 0.493 e. The first-order valence-electron chi connectivity index (χ1n) is 8.40. The van der Waals surface area contributed by atoms with E-state index in [0.717, 1.165) is 37.0 Å². The van der Waals surface area contributed by atoms with Gasteiger partial charge >= 0.3 is 0 Å². The lowest BCUT2D eigenvalue weighted by Crippen LogP contribution is -2.45. The number of nitrogens with one attached hydrogen (secondary N) is 1. The van der Waals surface area contributed by atoms with Gasteiger partial charge in [-0.25, -0.2) is 13.1 Å². The Balaban J connectivity index is 1.54. The topological polar surface area (TPSA) is 55.4 Å². The molecule has 2 aromatic carbocycles. The summed E-state index contributed by atoms with van der Waals surface area (Å²) in [6, 6.07) is 15.3. The number of rotatable bonds is 5. The zero-order valence-corrected chi connectivity index (χ0v) is 14.3. The highest BCUT2D eigenvalue weighted by Crippen LogP contribution is 2.43. The van der Waals surface area contributed by atoms with Crippen molar-refractivity contribution in [1.82, 2.24) is 4.72 Å². The van der Waals surface area contributed by atoms with Crippen LogP contribution in [0.25, 0.3) is 0 Å². The predicted molar refractivity (Wildman–Crippen MR) is 92.8 cm³/mol. The fraction of sp³-hybridized carbons (Fsp3) is 0.368. The summed E-state index contributed by atoms with van der Waals surface area (Å²) in [4.78, 5) is 0.328. The van der Waals surface area contributed by atoms with Gasteiger partial charge < -0.3 is 4.74 Å². The van der Waals surface area contributed by atoms with E-state index >= 15 is 0 Å². The molecule has 126 valence electrons. The molecule has 0 bridgehead atoms. The zero-order valence-electron chi connectivity index (χ0n) is 13.5. The lowest BCUT2D eigenvalue weighted by atomic mass is 9.64. The molecule has 1 aliphatic heterocycles. The van der Waals surface area contributed by atoms with Gasteiger partial charge in [0.05, 0.1) is 11.5 Å². The Hall–Kier alpha value is -1.85. The summed E-state index contributed by atoms with van der Waals surface area (Å²) in [7, 11) is -3.50. The third kappa shape index (κ3) is 2.72. The Bertz CT molecular complexity index is 842. The molecule has 0 spiro atoms. The van der Waals surface area contributed by atoms with E-state index in [9.17, 15) is 8.42 Å². The Morgan fingerprint density at radius 2 is 1.88 bits per heavy atom. The highest BCUT2D eigenvalue weighted by molar-refractivity contribution is 7.89. The predicted octanol–water partition coefficient (Wildman–Crippen LogP) is 3.02. The molecule has 4 rings (SSSR count). The van der Waals surface area contributed by atoms with Crippen LogP contribution in [-0.2, 0) is 21.9 Å². The van der Waals surface area contributed by atoms with E-state index in [4.69, 9.17) is 4.74 Å². The van der Waals surface area contributed by atoms with Gasteiger partial charge in [0.25, 0.3) is 0 Å². The minimum atomic E-state index is -3.50. The molecule has 1 fully saturated rings. The Morgan fingerprint density at radius 1 is 1.08 bits per heavy atom. The number of benzene rings is 2. The average molecular weight is 343 g/mol. The summed E-state index contributed by atoms with van der Waals surface area (Å²) in [6.07, 6.45) is 3.97. The highest BCUT2D eigenvalue weighted by atomic mass is 32.2. The maximum atomic E-state index is 12.7. The van der Waals surface area contributed by atoms with Crippen molar-refractivity contribution in [1.29, 1.82) is 0 Å². The summed E-state index contributed by atoms with van der Waals surface area (Å²) in [5, 5.41) is 0. The molecule has 0 amide bonds.